The van der Waals surface area contributed by atoms with E-state index in [1.165, 1.54) is 10.8 Å². The van der Waals surface area contributed by atoms with E-state index >= 15 is 0 Å². The third-order valence-corrected chi connectivity index (χ3v) is 11.1. The third-order valence-electron chi connectivity index (χ3n) is 11.1. The molecular weight excluding hydrogens is 707 g/mol. The van der Waals surface area contributed by atoms with Gasteiger partial charge < -0.3 is 18.8 Å². The van der Waals surface area contributed by atoms with Gasteiger partial charge in [0.05, 0.1) is 11.0 Å². The van der Waals surface area contributed by atoms with E-state index in [9.17, 15) is 0 Å². The predicted molar refractivity (Wildman–Crippen MR) is 243 cm³/mol. The summed E-state index contributed by atoms with van der Waals surface area (Å²) in [6, 6.07) is 79.8. The summed E-state index contributed by atoms with van der Waals surface area (Å²) in [5.74, 6) is 0. The first-order valence-electron chi connectivity index (χ1n) is 19.7. The molecule has 0 bridgehead atoms. The molecule has 4 nitrogen and oxygen atoms in total. The van der Waals surface area contributed by atoms with Crippen LogP contribution in [0.4, 0.5) is 34.1 Å². The van der Waals surface area contributed by atoms with Crippen molar-refractivity contribution in [2.24, 2.45) is 0 Å². The fourth-order valence-corrected chi connectivity index (χ4v) is 8.49. The van der Waals surface area contributed by atoms with Crippen molar-refractivity contribution in [3.05, 3.63) is 224 Å². The molecule has 0 unspecified atom stereocenters. The van der Waals surface area contributed by atoms with Crippen LogP contribution >= 0.6 is 0 Å². The van der Waals surface area contributed by atoms with Crippen molar-refractivity contribution in [1.82, 2.24) is 4.57 Å². The first-order chi connectivity index (χ1) is 28.8. The van der Waals surface area contributed by atoms with Gasteiger partial charge in [-0.2, -0.15) is 0 Å². The molecular formula is C54H37N3O. The number of anilines is 6. The molecule has 0 N–H and O–H groups in total. The van der Waals surface area contributed by atoms with Crippen LogP contribution in [-0.4, -0.2) is 4.57 Å². The molecule has 0 aliphatic carbocycles. The minimum atomic E-state index is 0.890. The van der Waals surface area contributed by atoms with Gasteiger partial charge in [-0.3, -0.25) is 0 Å². The summed E-state index contributed by atoms with van der Waals surface area (Å²) in [5, 5.41) is 4.70. The number of nitrogens with zero attached hydrogens (tertiary/aromatic N) is 3. The molecule has 11 rings (SSSR count). The van der Waals surface area contributed by atoms with Crippen molar-refractivity contribution < 1.29 is 4.42 Å². The molecule has 0 fully saturated rings. The zero-order chi connectivity index (χ0) is 38.4. The molecule has 11 aromatic rings. The normalized spacial score (nSPS) is 11.4. The number of rotatable bonds is 8. The fraction of sp³-hybridized carbons (Fsp3) is 0. The van der Waals surface area contributed by atoms with E-state index in [1.54, 1.807) is 0 Å². The molecule has 58 heavy (non-hydrogen) atoms. The third kappa shape index (κ3) is 5.78. The lowest BCUT2D eigenvalue weighted by Gasteiger charge is -2.30. The van der Waals surface area contributed by atoms with Crippen molar-refractivity contribution >= 4 is 77.9 Å². The van der Waals surface area contributed by atoms with Crippen molar-refractivity contribution in [2.45, 2.75) is 0 Å². The van der Waals surface area contributed by atoms with Crippen LogP contribution in [0.15, 0.2) is 229 Å². The van der Waals surface area contributed by atoms with Gasteiger partial charge in [0.1, 0.15) is 11.2 Å². The first-order valence-corrected chi connectivity index (χ1v) is 19.7. The summed E-state index contributed by atoms with van der Waals surface area (Å²) in [6.07, 6.45) is 0. The summed E-state index contributed by atoms with van der Waals surface area (Å²) < 4.78 is 8.75. The molecule has 0 spiro atoms. The zero-order valence-electron chi connectivity index (χ0n) is 31.6. The Morgan fingerprint density at radius 1 is 0.293 bits per heavy atom. The summed E-state index contributed by atoms with van der Waals surface area (Å²) in [5.41, 5.74) is 13.9. The quantitative estimate of drug-likeness (QED) is 0.155. The van der Waals surface area contributed by atoms with Gasteiger partial charge in [0.2, 0.25) is 0 Å². The molecule has 4 heteroatoms. The second-order valence-electron chi connectivity index (χ2n) is 14.6. The van der Waals surface area contributed by atoms with Crippen LogP contribution in [-0.2, 0) is 0 Å². The smallest absolute Gasteiger partial charge is 0.137 e. The van der Waals surface area contributed by atoms with E-state index in [-0.39, 0.29) is 0 Å². The average Bonchev–Trinajstić information content (AvgIpc) is 3.82. The second-order valence-corrected chi connectivity index (χ2v) is 14.6. The van der Waals surface area contributed by atoms with Crippen molar-refractivity contribution in [2.75, 3.05) is 9.80 Å². The molecule has 9 aromatic carbocycles. The largest absolute Gasteiger partial charge is 0.456 e. The van der Waals surface area contributed by atoms with Gasteiger partial charge in [-0.1, -0.05) is 121 Å². The van der Waals surface area contributed by atoms with Crippen molar-refractivity contribution in [3.63, 3.8) is 0 Å². The van der Waals surface area contributed by atoms with Crippen LogP contribution in [0.3, 0.4) is 0 Å². The van der Waals surface area contributed by atoms with E-state index in [0.29, 0.717) is 0 Å². The standard InChI is InChI=1S/C54H37N3O/c1-5-17-40(18-6-1)55(41-19-7-2-8-20-41)45-33-39(34-46(35-45)56(42-21-9-3-10-22-42)43-23-11-4-12-24-43)38-29-31-44(32-30-38)57-51-27-15-13-25-47(51)49-36-50-48-26-14-16-28-53(48)58-54(50)37-52(49)57/h1-37H. The number of hydrogen-bond acceptors (Lipinski definition) is 3. The summed E-state index contributed by atoms with van der Waals surface area (Å²) in [4.78, 5) is 4.68. The Bertz CT molecular complexity index is 3030. The number of fused-ring (bicyclic) bond motifs is 6. The first kappa shape index (κ1) is 33.5. The fourth-order valence-electron chi connectivity index (χ4n) is 8.49. The highest BCUT2D eigenvalue weighted by atomic mass is 16.3. The monoisotopic (exact) mass is 743 g/mol. The Labute approximate surface area is 336 Å². The Morgan fingerprint density at radius 2 is 0.776 bits per heavy atom. The highest BCUT2D eigenvalue weighted by Gasteiger charge is 2.20. The van der Waals surface area contributed by atoms with Crippen LogP contribution in [0.2, 0.25) is 0 Å². The second kappa shape index (κ2) is 14.0. The maximum absolute atomic E-state index is 6.39. The average molecular weight is 744 g/mol. The Kier molecular flexibility index (Phi) is 8.11. The Balaban J connectivity index is 1.10. The molecule has 0 atom stereocenters. The topological polar surface area (TPSA) is 24.6 Å². The summed E-state index contributed by atoms with van der Waals surface area (Å²) in [7, 11) is 0. The van der Waals surface area contributed by atoms with Gasteiger partial charge in [0, 0.05) is 67.4 Å². The molecule has 2 aromatic heterocycles. The zero-order valence-corrected chi connectivity index (χ0v) is 31.6. The van der Waals surface area contributed by atoms with Crippen molar-refractivity contribution in [1.29, 1.82) is 0 Å². The minimum Gasteiger partial charge on any atom is -0.456 e. The number of benzene rings is 9. The molecule has 0 aliphatic rings. The number of aromatic nitrogens is 1. The van der Waals surface area contributed by atoms with Gasteiger partial charge in [0.15, 0.2) is 0 Å². The maximum atomic E-state index is 6.39. The lowest BCUT2D eigenvalue weighted by Crippen LogP contribution is -2.13. The van der Waals surface area contributed by atoms with Gasteiger partial charge in [-0.25, -0.2) is 0 Å². The Morgan fingerprint density at radius 3 is 1.33 bits per heavy atom. The number of hydrogen-bond donors (Lipinski definition) is 0. The van der Waals surface area contributed by atoms with E-state index in [4.69, 9.17) is 4.42 Å². The van der Waals surface area contributed by atoms with E-state index in [0.717, 1.165) is 83.9 Å². The molecule has 2 heterocycles. The van der Waals surface area contributed by atoms with Crippen LogP contribution < -0.4 is 9.80 Å². The Hall–Kier alpha value is -7.82. The van der Waals surface area contributed by atoms with Crippen LogP contribution in [0.1, 0.15) is 0 Å². The SMILES string of the molecule is c1ccc(N(c2ccccc2)c2cc(-c3ccc(-n4c5ccccc5c5cc6c(cc54)oc4ccccc46)cc3)cc(N(c3ccccc3)c3ccccc3)c2)cc1. The van der Waals surface area contributed by atoms with Gasteiger partial charge in [0.25, 0.3) is 0 Å². The summed E-state index contributed by atoms with van der Waals surface area (Å²) in [6.45, 7) is 0. The molecule has 0 saturated heterocycles. The highest BCUT2D eigenvalue weighted by Crippen LogP contribution is 2.44. The number of furan rings is 1. The predicted octanol–water partition coefficient (Wildman–Crippen LogP) is 15.3. The summed E-state index contributed by atoms with van der Waals surface area (Å²) >= 11 is 0. The molecule has 0 radical (unpaired) electrons. The lowest BCUT2D eigenvalue weighted by atomic mass is 10.0. The van der Waals surface area contributed by atoms with Gasteiger partial charge in [-0.15, -0.1) is 0 Å². The van der Waals surface area contributed by atoms with E-state index in [1.807, 2.05) is 12.1 Å². The van der Waals surface area contributed by atoms with Crippen molar-refractivity contribution in [3.8, 4) is 16.8 Å². The van der Waals surface area contributed by atoms with Crippen LogP contribution in [0.5, 0.6) is 0 Å². The van der Waals surface area contributed by atoms with Gasteiger partial charge in [-0.05, 0) is 108 Å². The lowest BCUT2D eigenvalue weighted by molar-refractivity contribution is 0.669. The number of para-hydroxylation sites is 6. The molecule has 0 saturated carbocycles. The minimum absolute atomic E-state index is 0.890. The van der Waals surface area contributed by atoms with Gasteiger partial charge >= 0.3 is 0 Å². The van der Waals surface area contributed by atoms with Crippen LogP contribution in [0, 0.1) is 0 Å². The maximum Gasteiger partial charge on any atom is 0.137 e. The molecule has 0 aliphatic heterocycles. The molecule has 274 valence electrons. The van der Waals surface area contributed by atoms with E-state index < -0.39 is 0 Å². The highest BCUT2D eigenvalue weighted by molar-refractivity contribution is 6.17. The van der Waals surface area contributed by atoms with E-state index in [2.05, 4.69) is 227 Å². The van der Waals surface area contributed by atoms with Crippen LogP contribution in [0.25, 0.3) is 60.6 Å². The molecule has 0 amide bonds.